The number of esters is 1. The minimum Gasteiger partial charge on any atom is -0.460 e. The minimum atomic E-state index is -4.74. The van der Waals surface area contributed by atoms with Crippen molar-refractivity contribution in [3.05, 3.63) is 40.5 Å². The van der Waals surface area contributed by atoms with Crippen LogP contribution >= 0.6 is 11.6 Å². The summed E-state index contributed by atoms with van der Waals surface area (Å²) < 4.78 is 82.0. The fourth-order valence-corrected chi connectivity index (χ4v) is 2.67. The fourth-order valence-electron chi connectivity index (χ4n) is 2.53. The third-order valence-electron chi connectivity index (χ3n) is 4.15. The van der Waals surface area contributed by atoms with Gasteiger partial charge in [-0.1, -0.05) is 31.5 Å². The molecule has 2 rings (SSSR count). The summed E-state index contributed by atoms with van der Waals surface area (Å²) >= 11 is 5.16. The first-order valence-electron chi connectivity index (χ1n) is 6.97. The Hall–Kier alpha value is -1.77. The average Bonchev–Trinajstić information content (AvgIpc) is 3.02. The number of carbonyl (C=O) groups excluding carboxylic acids is 1. The molecule has 1 aliphatic rings. The van der Waals surface area contributed by atoms with Crippen molar-refractivity contribution < 1.29 is 35.9 Å². The molecule has 0 unspecified atom stereocenters. The first-order valence-corrected chi connectivity index (χ1v) is 7.34. The van der Waals surface area contributed by atoms with Crippen LogP contribution in [-0.4, -0.2) is 17.1 Å². The van der Waals surface area contributed by atoms with E-state index in [9.17, 15) is 31.1 Å². The number of rotatable bonds is 4. The van der Waals surface area contributed by atoms with Crippen LogP contribution in [0.2, 0.25) is 0 Å². The molecule has 0 N–H and O–H groups in total. The maximum Gasteiger partial charge on any atom is 0.426 e. The van der Waals surface area contributed by atoms with E-state index < -0.39 is 64.2 Å². The summed E-state index contributed by atoms with van der Waals surface area (Å²) in [5.74, 6) is -7.15. The smallest absolute Gasteiger partial charge is 0.426 e. The van der Waals surface area contributed by atoms with Gasteiger partial charge in [0.15, 0.2) is 11.6 Å². The summed E-state index contributed by atoms with van der Waals surface area (Å²) in [5.41, 5.74) is -1.71. The number of halogens is 7. The Morgan fingerprint density at radius 3 is 2.52 bits per heavy atom. The van der Waals surface area contributed by atoms with E-state index in [0.29, 0.717) is 12.3 Å². The van der Waals surface area contributed by atoms with E-state index in [1.807, 2.05) is 0 Å². The van der Waals surface area contributed by atoms with Crippen LogP contribution in [0.1, 0.15) is 19.4 Å². The second-order valence-electron chi connectivity index (χ2n) is 6.13. The molecule has 1 saturated carbocycles. The van der Waals surface area contributed by atoms with Gasteiger partial charge in [-0.2, -0.15) is 17.6 Å². The summed E-state index contributed by atoms with van der Waals surface area (Å²) in [6.07, 6.45) is -3.60. The highest BCUT2D eigenvalue weighted by molar-refractivity contribution is 6.30. The molecule has 2 atom stereocenters. The summed E-state index contributed by atoms with van der Waals surface area (Å²) in [4.78, 5) is 14.8. The molecular formula is C15H12ClF6NO2. The lowest BCUT2D eigenvalue weighted by atomic mass is 10.1. The Morgan fingerprint density at radius 2 is 1.96 bits per heavy atom. The van der Waals surface area contributed by atoms with E-state index in [-0.39, 0.29) is 0 Å². The molecule has 1 fully saturated rings. The molecule has 138 valence electrons. The molecule has 0 spiro atoms. The number of alkyl halides is 3. The monoisotopic (exact) mass is 387 g/mol. The Kier molecular flexibility index (Phi) is 5.09. The number of hydrogen-bond donors (Lipinski definition) is 0. The summed E-state index contributed by atoms with van der Waals surface area (Å²) in [6, 6.07) is 0. The Labute approximate surface area is 143 Å². The molecule has 0 aliphatic heterocycles. The van der Waals surface area contributed by atoms with E-state index in [0.717, 1.165) is 0 Å². The molecule has 1 aliphatic carbocycles. The summed E-state index contributed by atoms with van der Waals surface area (Å²) in [7, 11) is 0. The quantitative estimate of drug-likeness (QED) is 0.434. The second-order valence-corrected chi connectivity index (χ2v) is 6.54. The van der Waals surface area contributed by atoms with Gasteiger partial charge in [-0.15, -0.1) is 0 Å². The van der Waals surface area contributed by atoms with Crippen molar-refractivity contribution >= 4 is 17.6 Å². The highest BCUT2D eigenvalue weighted by Crippen LogP contribution is 2.60. The molecule has 3 nitrogen and oxygen atoms in total. The van der Waals surface area contributed by atoms with Gasteiger partial charge >= 0.3 is 12.1 Å². The number of carbonyl (C=O) groups is 1. The van der Waals surface area contributed by atoms with Crippen LogP contribution < -0.4 is 0 Å². The summed E-state index contributed by atoms with van der Waals surface area (Å²) in [5, 5.41) is -1.37. The van der Waals surface area contributed by atoms with Crippen LogP contribution in [-0.2, 0) is 16.1 Å². The van der Waals surface area contributed by atoms with Crippen molar-refractivity contribution in [3.8, 4) is 0 Å². The largest absolute Gasteiger partial charge is 0.460 e. The molecule has 0 saturated heterocycles. The number of aromatic nitrogens is 1. The van der Waals surface area contributed by atoms with Crippen molar-refractivity contribution in [1.82, 2.24) is 4.98 Å². The molecule has 0 bridgehead atoms. The van der Waals surface area contributed by atoms with Gasteiger partial charge < -0.3 is 4.74 Å². The van der Waals surface area contributed by atoms with Crippen LogP contribution in [0, 0.1) is 34.8 Å². The molecule has 10 heteroatoms. The van der Waals surface area contributed by atoms with E-state index in [4.69, 9.17) is 16.3 Å². The predicted molar refractivity (Wildman–Crippen MR) is 74.7 cm³/mol. The van der Waals surface area contributed by atoms with Gasteiger partial charge in [0.2, 0.25) is 5.95 Å². The normalized spacial score (nSPS) is 22.7. The SMILES string of the molecule is CC1(C)[C@H](C=C(Cl)C(F)(F)F)[C@@H]1C(=O)OCc1c(F)cnc(F)c1F. The molecule has 1 heterocycles. The number of ether oxygens (including phenoxy) is 1. The lowest BCUT2D eigenvalue weighted by Crippen LogP contribution is -2.13. The topological polar surface area (TPSA) is 39.2 Å². The Bertz CT molecular complexity index is 731. The lowest BCUT2D eigenvalue weighted by molar-refractivity contribution is -0.147. The van der Waals surface area contributed by atoms with E-state index in [2.05, 4.69) is 4.98 Å². The first-order chi connectivity index (χ1) is 11.4. The maximum atomic E-state index is 13.4. The van der Waals surface area contributed by atoms with Crippen molar-refractivity contribution in [2.24, 2.45) is 17.3 Å². The highest BCUT2D eigenvalue weighted by atomic mass is 35.5. The zero-order valence-electron chi connectivity index (χ0n) is 12.9. The zero-order chi connectivity index (χ0) is 19.2. The predicted octanol–water partition coefficient (Wildman–Crippen LogP) is 4.50. The molecular weight excluding hydrogens is 376 g/mol. The molecule has 25 heavy (non-hydrogen) atoms. The van der Waals surface area contributed by atoms with Gasteiger partial charge in [-0.3, -0.25) is 4.79 Å². The van der Waals surface area contributed by atoms with Crippen LogP contribution in [0.3, 0.4) is 0 Å². The van der Waals surface area contributed by atoms with Gasteiger partial charge in [0.1, 0.15) is 11.6 Å². The van der Waals surface area contributed by atoms with Gasteiger partial charge in [-0.05, 0) is 11.3 Å². The molecule has 1 aromatic heterocycles. The first kappa shape index (κ1) is 19.6. The van der Waals surface area contributed by atoms with E-state index in [1.54, 1.807) is 0 Å². The lowest BCUT2D eigenvalue weighted by Gasteiger charge is -2.07. The molecule has 0 amide bonds. The summed E-state index contributed by atoms with van der Waals surface area (Å²) in [6.45, 7) is 2.13. The van der Waals surface area contributed by atoms with E-state index in [1.165, 1.54) is 13.8 Å². The fraction of sp³-hybridized carbons (Fsp3) is 0.467. The zero-order valence-corrected chi connectivity index (χ0v) is 13.7. The van der Waals surface area contributed by atoms with Crippen LogP contribution in [0.4, 0.5) is 26.3 Å². The Balaban J connectivity index is 2.09. The number of pyridine rings is 1. The third-order valence-corrected chi connectivity index (χ3v) is 4.49. The highest BCUT2D eigenvalue weighted by Gasteiger charge is 2.62. The van der Waals surface area contributed by atoms with Crippen LogP contribution in [0.25, 0.3) is 0 Å². The van der Waals surface area contributed by atoms with Gasteiger partial charge in [-0.25, -0.2) is 13.8 Å². The van der Waals surface area contributed by atoms with Crippen molar-refractivity contribution in [3.63, 3.8) is 0 Å². The minimum absolute atomic E-state index is 0.428. The van der Waals surface area contributed by atoms with Gasteiger partial charge in [0, 0.05) is 0 Å². The molecule has 1 aromatic rings. The van der Waals surface area contributed by atoms with Gasteiger partial charge in [0.25, 0.3) is 0 Å². The average molecular weight is 388 g/mol. The number of nitrogens with zero attached hydrogens (tertiary/aromatic N) is 1. The van der Waals surface area contributed by atoms with Crippen molar-refractivity contribution in [2.75, 3.05) is 0 Å². The van der Waals surface area contributed by atoms with Crippen LogP contribution in [0.5, 0.6) is 0 Å². The number of hydrogen-bond acceptors (Lipinski definition) is 3. The second kappa shape index (κ2) is 6.51. The van der Waals surface area contributed by atoms with Crippen LogP contribution in [0.15, 0.2) is 17.3 Å². The maximum absolute atomic E-state index is 13.4. The molecule has 0 aromatic carbocycles. The van der Waals surface area contributed by atoms with Crippen molar-refractivity contribution in [1.29, 1.82) is 0 Å². The standard InChI is InChI=1S/C15H12ClF6NO2/c1-14(2)7(3-9(16)15(20,21)22)10(14)13(24)25-5-6-8(17)4-23-12(19)11(6)18/h3-4,7,10H,5H2,1-2H3/t7-,10-/m1/s1. The number of allylic oxidation sites excluding steroid dienone is 2. The third kappa shape index (κ3) is 3.91. The Morgan fingerprint density at radius 1 is 1.36 bits per heavy atom. The molecule has 0 radical (unpaired) electrons. The van der Waals surface area contributed by atoms with E-state index >= 15 is 0 Å². The van der Waals surface area contributed by atoms with Crippen molar-refractivity contribution in [2.45, 2.75) is 26.6 Å². The van der Waals surface area contributed by atoms with Gasteiger partial charge in [0.05, 0.1) is 17.7 Å².